The van der Waals surface area contributed by atoms with Crippen LogP contribution in [0.25, 0.3) is 10.9 Å². The first kappa shape index (κ1) is 15.8. The van der Waals surface area contributed by atoms with Gasteiger partial charge in [0.2, 0.25) is 0 Å². The number of carbonyl (C=O) groups is 1. The highest BCUT2D eigenvalue weighted by Crippen LogP contribution is 2.23. The van der Waals surface area contributed by atoms with E-state index in [1.807, 2.05) is 54.7 Å². The summed E-state index contributed by atoms with van der Waals surface area (Å²) in [6.45, 7) is 10.0. The molecule has 0 aliphatic carbocycles. The molecular weight excluding hydrogens is 292 g/mol. The Kier molecular flexibility index (Phi) is 4.02. The van der Waals surface area contributed by atoms with Crippen LogP contribution in [-0.2, 0) is 11.3 Å². The Labute approximate surface area is 136 Å². The number of benzene rings is 1. The molecule has 1 aliphatic rings. The second kappa shape index (κ2) is 5.85. The molecule has 1 saturated heterocycles. The third-order valence-corrected chi connectivity index (χ3v) is 4.05. The number of fused-ring (bicyclic) bond motifs is 1. The number of carbonyl (C=O) groups excluding carboxylic acids is 1. The highest BCUT2D eigenvalue weighted by Gasteiger charge is 2.33. The van der Waals surface area contributed by atoms with Crippen molar-refractivity contribution in [3.8, 4) is 0 Å². The van der Waals surface area contributed by atoms with E-state index in [0.29, 0.717) is 13.1 Å². The van der Waals surface area contributed by atoms with Crippen LogP contribution in [0.3, 0.4) is 0 Å². The first-order valence-corrected chi connectivity index (χ1v) is 8.07. The standard InChI is InChI=1S/C17H24N4O2/c1-5-21-15-8-14(7-6-13(15)9-18-21)19-16(22)20-10-12(2)23-17(3,4)11-20/h6-9,12H,5,10-11H2,1-4H3,(H,19,22). The zero-order valence-corrected chi connectivity index (χ0v) is 14.2. The average Bonchev–Trinajstić information content (AvgIpc) is 2.87. The number of amides is 2. The Morgan fingerprint density at radius 2 is 2.26 bits per heavy atom. The van der Waals surface area contributed by atoms with Gasteiger partial charge in [0.05, 0.1) is 30.0 Å². The zero-order valence-electron chi connectivity index (χ0n) is 14.2. The summed E-state index contributed by atoms with van der Waals surface area (Å²) in [4.78, 5) is 14.4. The number of hydrogen-bond acceptors (Lipinski definition) is 3. The van der Waals surface area contributed by atoms with Crippen molar-refractivity contribution in [2.24, 2.45) is 0 Å². The average molecular weight is 316 g/mol. The summed E-state index contributed by atoms with van der Waals surface area (Å²) >= 11 is 0. The molecule has 0 saturated carbocycles. The van der Waals surface area contributed by atoms with Crippen molar-refractivity contribution in [3.05, 3.63) is 24.4 Å². The van der Waals surface area contributed by atoms with E-state index in [0.717, 1.165) is 23.1 Å². The number of ether oxygens (including phenoxy) is 1. The Morgan fingerprint density at radius 3 is 2.96 bits per heavy atom. The van der Waals surface area contributed by atoms with Crippen molar-refractivity contribution >= 4 is 22.6 Å². The van der Waals surface area contributed by atoms with Gasteiger partial charge in [0.25, 0.3) is 0 Å². The van der Waals surface area contributed by atoms with Crippen LogP contribution in [0.2, 0.25) is 0 Å². The molecular formula is C17H24N4O2. The second-order valence-corrected chi connectivity index (χ2v) is 6.73. The molecule has 0 bridgehead atoms. The molecule has 1 aromatic heterocycles. The molecule has 1 N–H and O–H groups in total. The van der Waals surface area contributed by atoms with Gasteiger partial charge in [-0.05, 0) is 45.9 Å². The number of urea groups is 1. The molecule has 6 heteroatoms. The maximum atomic E-state index is 12.6. The van der Waals surface area contributed by atoms with Crippen LogP contribution in [0.5, 0.6) is 0 Å². The van der Waals surface area contributed by atoms with Gasteiger partial charge in [-0.25, -0.2) is 4.79 Å². The summed E-state index contributed by atoms with van der Waals surface area (Å²) in [7, 11) is 0. The van der Waals surface area contributed by atoms with Gasteiger partial charge >= 0.3 is 6.03 Å². The summed E-state index contributed by atoms with van der Waals surface area (Å²) in [5.41, 5.74) is 1.50. The maximum absolute atomic E-state index is 12.6. The van der Waals surface area contributed by atoms with E-state index >= 15 is 0 Å². The molecule has 1 aromatic carbocycles. The molecule has 0 spiro atoms. The van der Waals surface area contributed by atoms with Crippen LogP contribution >= 0.6 is 0 Å². The Morgan fingerprint density at radius 1 is 1.48 bits per heavy atom. The van der Waals surface area contributed by atoms with Crippen molar-refractivity contribution in [2.75, 3.05) is 18.4 Å². The number of anilines is 1. The van der Waals surface area contributed by atoms with Gasteiger partial charge in [0.15, 0.2) is 0 Å². The summed E-state index contributed by atoms with van der Waals surface area (Å²) in [5, 5.41) is 8.40. The molecule has 6 nitrogen and oxygen atoms in total. The molecule has 1 aliphatic heterocycles. The lowest BCUT2D eigenvalue weighted by Crippen LogP contribution is -2.54. The summed E-state index contributed by atoms with van der Waals surface area (Å²) < 4.78 is 7.77. The van der Waals surface area contributed by atoms with E-state index in [9.17, 15) is 4.79 Å². The number of aromatic nitrogens is 2. The van der Waals surface area contributed by atoms with Crippen LogP contribution in [-0.4, -0.2) is 45.5 Å². The van der Waals surface area contributed by atoms with E-state index in [4.69, 9.17) is 4.74 Å². The minimum atomic E-state index is -0.320. The lowest BCUT2D eigenvalue weighted by molar-refractivity contribution is -0.116. The van der Waals surface area contributed by atoms with Crippen LogP contribution < -0.4 is 5.32 Å². The van der Waals surface area contributed by atoms with Crippen LogP contribution in [0.4, 0.5) is 10.5 Å². The largest absolute Gasteiger partial charge is 0.369 e. The van der Waals surface area contributed by atoms with Crippen molar-refractivity contribution in [3.63, 3.8) is 0 Å². The normalized spacial score (nSPS) is 20.7. The van der Waals surface area contributed by atoms with Crippen LogP contribution in [0.15, 0.2) is 24.4 Å². The molecule has 2 aromatic rings. The number of morpholine rings is 1. The highest BCUT2D eigenvalue weighted by atomic mass is 16.5. The van der Waals surface area contributed by atoms with E-state index in [1.165, 1.54) is 0 Å². The van der Waals surface area contributed by atoms with E-state index in [1.54, 1.807) is 0 Å². The van der Waals surface area contributed by atoms with Gasteiger partial charge in [0, 0.05) is 24.2 Å². The molecule has 3 rings (SSSR count). The van der Waals surface area contributed by atoms with Crippen LogP contribution in [0, 0.1) is 0 Å². The predicted molar refractivity (Wildman–Crippen MR) is 90.6 cm³/mol. The van der Waals surface area contributed by atoms with Gasteiger partial charge in [-0.2, -0.15) is 5.10 Å². The quantitative estimate of drug-likeness (QED) is 0.926. The maximum Gasteiger partial charge on any atom is 0.322 e. The molecule has 23 heavy (non-hydrogen) atoms. The van der Waals surface area contributed by atoms with Crippen molar-refractivity contribution in [2.45, 2.75) is 45.9 Å². The first-order valence-electron chi connectivity index (χ1n) is 8.07. The fourth-order valence-corrected chi connectivity index (χ4v) is 3.21. The fourth-order valence-electron chi connectivity index (χ4n) is 3.21. The number of rotatable bonds is 2. The van der Waals surface area contributed by atoms with Crippen molar-refractivity contribution in [1.82, 2.24) is 14.7 Å². The second-order valence-electron chi connectivity index (χ2n) is 6.73. The highest BCUT2D eigenvalue weighted by molar-refractivity contribution is 5.92. The van der Waals surface area contributed by atoms with E-state index in [-0.39, 0.29) is 17.7 Å². The van der Waals surface area contributed by atoms with Crippen LogP contribution in [0.1, 0.15) is 27.7 Å². The molecule has 1 unspecified atom stereocenters. The smallest absolute Gasteiger partial charge is 0.322 e. The molecule has 124 valence electrons. The van der Waals surface area contributed by atoms with Gasteiger partial charge in [-0.1, -0.05) is 0 Å². The molecule has 2 heterocycles. The number of nitrogens with one attached hydrogen (secondary N) is 1. The predicted octanol–water partition coefficient (Wildman–Crippen LogP) is 3.09. The Hall–Kier alpha value is -2.08. The fraction of sp³-hybridized carbons (Fsp3) is 0.529. The minimum absolute atomic E-state index is 0.0357. The molecule has 1 atom stereocenters. The SMILES string of the molecule is CCn1ncc2ccc(NC(=O)N3CC(C)OC(C)(C)C3)cc21. The topological polar surface area (TPSA) is 59.4 Å². The van der Waals surface area contributed by atoms with Gasteiger partial charge in [0.1, 0.15) is 0 Å². The summed E-state index contributed by atoms with van der Waals surface area (Å²) in [5.74, 6) is 0. The Bertz CT molecular complexity index is 722. The molecule has 0 radical (unpaired) electrons. The van der Waals surface area contributed by atoms with Gasteiger partial charge < -0.3 is 15.0 Å². The van der Waals surface area contributed by atoms with E-state index < -0.39 is 0 Å². The number of nitrogens with zero attached hydrogens (tertiary/aromatic N) is 3. The molecule has 2 amide bonds. The number of aryl methyl sites for hydroxylation is 1. The van der Waals surface area contributed by atoms with Crippen molar-refractivity contribution < 1.29 is 9.53 Å². The minimum Gasteiger partial charge on any atom is -0.369 e. The lowest BCUT2D eigenvalue weighted by atomic mass is 10.1. The lowest BCUT2D eigenvalue weighted by Gasteiger charge is -2.41. The first-order chi connectivity index (χ1) is 10.9. The summed E-state index contributed by atoms with van der Waals surface area (Å²) in [6.07, 6.45) is 1.88. The van der Waals surface area contributed by atoms with Crippen molar-refractivity contribution in [1.29, 1.82) is 0 Å². The summed E-state index contributed by atoms with van der Waals surface area (Å²) in [6, 6.07) is 5.78. The van der Waals surface area contributed by atoms with Gasteiger partial charge in [-0.3, -0.25) is 4.68 Å². The zero-order chi connectivity index (χ0) is 16.6. The monoisotopic (exact) mass is 316 g/mol. The Balaban J connectivity index is 1.77. The number of hydrogen-bond donors (Lipinski definition) is 1. The molecule has 1 fully saturated rings. The van der Waals surface area contributed by atoms with E-state index in [2.05, 4.69) is 17.3 Å². The third-order valence-electron chi connectivity index (χ3n) is 4.05. The third kappa shape index (κ3) is 3.32. The van der Waals surface area contributed by atoms with Gasteiger partial charge in [-0.15, -0.1) is 0 Å².